The van der Waals surface area contributed by atoms with Crippen LogP contribution in [0.3, 0.4) is 0 Å². The first-order valence-electron chi connectivity index (χ1n) is 9.00. The zero-order valence-electron chi connectivity index (χ0n) is 15.2. The summed E-state index contributed by atoms with van der Waals surface area (Å²) in [4.78, 5) is 24.7. The number of hydrogen-bond donors (Lipinski definition) is 2. The first-order chi connectivity index (χ1) is 14.1. The van der Waals surface area contributed by atoms with Crippen molar-refractivity contribution in [2.75, 3.05) is 11.1 Å². The van der Waals surface area contributed by atoms with E-state index in [4.69, 9.17) is 16.0 Å². The van der Waals surface area contributed by atoms with Crippen molar-refractivity contribution in [1.29, 1.82) is 0 Å². The SMILES string of the molecule is O=C(CSc1nnc(-c2ccc(Cl)cc2)o1)Nc1ccccc1C(=O)NC1CC1. The van der Waals surface area contributed by atoms with Crippen molar-refractivity contribution in [3.05, 3.63) is 59.1 Å². The minimum absolute atomic E-state index is 0.0703. The Labute approximate surface area is 176 Å². The van der Waals surface area contributed by atoms with Crippen LogP contribution >= 0.6 is 23.4 Å². The van der Waals surface area contributed by atoms with Gasteiger partial charge in [-0.05, 0) is 49.2 Å². The molecule has 1 saturated carbocycles. The molecule has 2 aromatic carbocycles. The summed E-state index contributed by atoms with van der Waals surface area (Å²) in [5, 5.41) is 14.5. The smallest absolute Gasteiger partial charge is 0.277 e. The molecule has 1 aromatic heterocycles. The summed E-state index contributed by atoms with van der Waals surface area (Å²) < 4.78 is 5.58. The third-order valence-electron chi connectivity index (χ3n) is 4.18. The molecular formula is C20H17ClN4O3S. The fourth-order valence-corrected chi connectivity index (χ4v) is 3.26. The Balaban J connectivity index is 1.35. The number of aromatic nitrogens is 2. The van der Waals surface area contributed by atoms with E-state index in [2.05, 4.69) is 20.8 Å². The van der Waals surface area contributed by atoms with Crippen molar-refractivity contribution in [3.8, 4) is 11.5 Å². The fourth-order valence-electron chi connectivity index (χ4n) is 2.57. The number of benzene rings is 2. The Hall–Kier alpha value is -2.84. The molecule has 148 valence electrons. The number of anilines is 1. The summed E-state index contributed by atoms with van der Waals surface area (Å²) >= 11 is 7.00. The van der Waals surface area contributed by atoms with Gasteiger partial charge in [0.05, 0.1) is 17.0 Å². The first-order valence-corrected chi connectivity index (χ1v) is 10.4. The van der Waals surface area contributed by atoms with Gasteiger partial charge >= 0.3 is 0 Å². The lowest BCUT2D eigenvalue weighted by Crippen LogP contribution is -2.27. The molecule has 1 aliphatic carbocycles. The molecule has 0 bridgehead atoms. The number of carbonyl (C=O) groups excluding carboxylic acids is 2. The highest BCUT2D eigenvalue weighted by Gasteiger charge is 2.25. The number of para-hydroxylation sites is 1. The summed E-state index contributed by atoms with van der Waals surface area (Å²) in [5.41, 5.74) is 1.66. The van der Waals surface area contributed by atoms with Gasteiger partial charge in [0.15, 0.2) is 0 Å². The van der Waals surface area contributed by atoms with E-state index in [0.29, 0.717) is 22.2 Å². The molecule has 7 nitrogen and oxygen atoms in total. The number of carbonyl (C=O) groups is 2. The third kappa shape index (κ3) is 5.16. The Morgan fingerprint density at radius 2 is 1.86 bits per heavy atom. The zero-order chi connectivity index (χ0) is 20.2. The molecule has 2 amide bonds. The molecule has 1 heterocycles. The van der Waals surface area contributed by atoms with Gasteiger partial charge in [0.1, 0.15) is 0 Å². The maximum Gasteiger partial charge on any atom is 0.277 e. The van der Waals surface area contributed by atoms with Gasteiger partial charge in [0.25, 0.3) is 11.1 Å². The average Bonchev–Trinajstić information content (AvgIpc) is 3.41. The van der Waals surface area contributed by atoms with Gasteiger partial charge in [-0.3, -0.25) is 9.59 Å². The number of amides is 2. The van der Waals surface area contributed by atoms with Crippen LogP contribution in [0.15, 0.2) is 58.2 Å². The topological polar surface area (TPSA) is 97.1 Å². The van der Waals surface area contributed by atoms with E-state index >= 15 is 0 Å². The summed E-state index contributed by atoms with van der Waals surface area (Å²) in [6, 6.07) is 14.2. The maximum atomic E-state index is 12.3. The van der Waals surface area contributed by atoms with Crippen molar-refractivity contribution >= 4 is 40.9 Å². The number of nitrogens with zero attached hydrogens (tertiary/aromatic N) is 2. The summed E-state index contributed by atoms with van der Waals surface area (Å²) in [7, 11) is 0. The highest BCUT2D eigenvalue weighted by molar-refractivity contribution is 7.99. The van der Waals surface area contributed by atoms with Gasteiger partial charge in [-0.15, -0.1) is 10.2 Å². The van der Waals surface area contributed by atoms with Gasteiger partial charge < -0.3 is 15.1 Å². The number of nitrogens with one attached hydrogen (secondary N) is 2. The van der Waals surface area contributed by atoms with E-state index in [1.807, 2.05) is 0 Å². The summed E-state index contributed by atoms with van der Waals surface area (Å²) in [5.74, 6) is -0.0268. The second kappa shape index (κ2) is 8.67. The standard InChI is InChI=1S/C20H17ClN4O3S/c21-13-7-5-12(6-8-13)19-24-25-20(28-19)29-11-17(26)23-16-4-2-1-3-15(16)18(27)22-14-9-10-14/h1-8,14H,9-11H2,(H,22,27)(H,23,26). The maximum absolute atomic E-state index is 12.3. The minimum atomic E-state index is -0.270. The highest BCUT2D eigenvalue weighted by atomic mass is 35.5. The number of thioether (sulfide) groups is 1. The van der Waals surface area contributed by atoms with Crippen LogP contribution in [-0.2, 0) is 4.79 Å². The van der Waals surface area contributed by atoms with Gasteiger partial charge in [-0.1, -0.05) is 35.5 Å². The highest BCUT2D eigenvalue weighted by Crippen LogP contribution is 2.25. The average molecular weight is 429 g/mol. The molecule has 2 N–H and O–H groups in total. The third-order valence-corrected chi connectivity index (χ3v) is 5.25. The molecule has 0 atom stereocenters. The van der Waals surface area contributed by atoms with E-state index in [-0.39, 0.29) is 28.8 Å². The van der Waals surface area contributed by atoms with E-state index < -0.39 is 0 Å². The lowest BCUT2D eigenvalue weighted by molar-refractivity contribution is -0.113. The zero-order valence-corrected chi connectivity index (χ0v) is 16.8. The van der Waals surface area contributed by atoms with Crippen molar-refractivity contribution in [2.45, 2.75) is 24.1 Å². The normalized spacial score (nSPS) is 13.1. The molecule has 9 heteroatoms. The van der Waals surface area contributed by atoms with E-state index in [1.54, 1.807) is 48.5 Å². The lowest BCUT2D eigenvalue weighted by atomic mass is 10.1. The molecule has 1 aliphatic rings. The van der Waals surface area contributed by atoms with Crippen LogP contribution in [0.1, 0.15) is 23.2 Å². The monoisotopic (exact) mass is 428 g/mol. The summed E-state index contributed by atoms with van der Waals surface area (Å²) in [6.45, 7) is 0. The second-order valence-electron chi connectivity index (χ2n) is 6.51. The molecule has 3 aromatic rings. The molecule has 0 saturated heterocycles. The molecule has 0 aliphatic heterocycles. The fraction of sp³-hybridized carbons (Fsp3) is 0.200. The predicted octanol–water partition coefficient (Wildman–Crippen LogP) is 4.01. The Kier molecular flexibility index (Phi) is 5.82. The van der Waals surface area contributed by atoms with E-state index in [9.17, 15) is 9.59 Å². The van der Waals surface area contributed by atoms with Crippen LogP contribution in [0.5, 0.6) is 0 Å². The quantitative estimate of drug-likeness (QED) is 0.552. The van der Waals surface area contributed by atoms with Crippen molar-refractivity contribution in [3.63, 3.8) is 0 Å². The molecule has 29 heavy (non-hydrogen) atoms. The lowest BCUT2D eigenvalue weighted by Gasteiger charge is -2.10. The van der Waals surface area contributed by atoms with Gasteiger partial charge in [-0.25, -0.2) is 0 Å². The van der Waals surface area contributed by atoms with Crippen LogP contribution in [0, 0.1) is 0 Å². The number of rotatable bonds is 7. The van der Waals surface area contributed by atoms with Crippen LogP contribution in [0.2, 0.25) is 5.02 Å². The Morgan fingerprint density at radius 1 is 1.10 bits per heavy atom. The van der Waals surface area contributed by atoms with E-state index in [0.717, 1.165) is 30.2 Å². The van der Waals surface area contributed by atoms with Crippen LogP contribution in [-0.4, -0.2) is 33.8 Å². The molecule has 0 spiro atoms. The molecule has 4 rings (SSSR count). The van der Waals surface area contributed by atoms with Gasteiger partial charge in [-0.2, -0.15) is 0 Å². The van der Waals surface area contributed by atoms with Gasteiger partial charge in [0, 0.05) is 16.6 Å². The predicted molar refractivity (Wildman–Crippen MR) is 111 cm³/mol. The van der Waals surface area contributed by atoms with Crippen molar-refractivity contribution in [2.24, 2.45) is 0 Å². The van der Waals surface area contributed by atoms with Crippen molar-refractivity contribution in [1.82, 2.24) is 15.5 Å². The summed E-state index contributed by atoms with van der Waals surface area (Å²) in [6.07, 6.45) is 2.00. The Bertz CT molecular complexity index is 1030. The van der Waals surface area contributed by atoms with Crippen LogP contribution in [0.4, 0.5) is 5.69 Å². The van der Waals surface area contributed by atoms with Crippen LogP contribution in [0.25, 0.3) is 11.5 Å². The largest absolute Gasteiger partial charge is 0.411 e. The first kappa shape index (κ1) is 19.5. The van der Waals surface area contributed by atoms with Crippen molar-refractivity contribution < 1.29 is 14.0 Å². The molecule has 0 unspecified atom stereocenters. The van der Waals surface area contributed by atoms with Crippen LogP contribution < -0.4 is 10.6 Å². The molecule has 0 radical (unpaired) electrons. The minimum Gasteiger partial charge on any atom is -0.411 e. The number of halogens is 1. The molecule has 1 fully saturated rings. The second-order valence-corrected chi connectivity index (χ2v) is 7.87. The van der Waals surface area contributed by atoms with E-state index in [1.165, 1.54) is 0 Å². The number of hydrogen-bond acceptors (Lipinski definition) is 6. The van der Waals surface area contributed by atoms with Gasteiger partial charge in [0.2, 0.25) is 11.8 Å². The molecular weight excluding hydrogens is 412 g/mol. The Morgan fingerprint density at radius 3 is 2.62 bits per heavy atom.